The van der Waals surface area contributed by atoms with Crippen LogP contribution in [0.2, 0.25) is 0 Å². The van der Waals surface area contributed by atoms with E-state index < -0.39 is 0 Å². The molecule has 0 radical (unpaired) electrons. The van der Waals surface area contributed by atoms with Crippen LogP contribution in [0.15, 0.2) is 24.3 Å². The second-order valence-corrected chi connectivity index (χ2v) is 6.07. The Hall–Kier alpha value is -2.34. The van der Waals surface area contributed by atoms with Crippen LogP contribution < -0.4 is 0 Å². The molecule has 0 aliphatic heterocycles. The monoisotopic (exact) mass is 342 g/mol. The number of likely N-dealkylation sites (N-methyl/N-ethyl adjacent to an activating group) is 1. The van der Waals surface area contributed by atoms with Crippen LogP contribution in [0.25, 0.3) is 16.8 Å². The molecule has 2 aromatic heterocycles. The van der Waals surface area contributed by atoms with Crippen LogP contribution in [0.4, 0.5) is 0 Å². The molecule has 0 aliphatic carbocycles. The average molecular weight is 342 g/mol. The number of carbonyl (C=O) groups is 1. The van der Waals surface area contributed by atoms with Crippen molar-refractivity contribution in [1.29, 1.82) is 0 Å². The van der Waals surface area contributed by atoms with Gasteiger partial charge in [-0.05, 0) is 39.1 Å². The average Bonchev–Trinajstić information content (AvgIpc) is 3.10. The third-order valence-electron chi connectivity index (χ3n) is 4.69. The zero-order chi connectivity index (χ0) is 18.0. The van der Waals surface area contributed by atoms with E-state index in [-0.39, 0.29) is 5.97 Å². The standard InChI is InChI=1S/C19H26N4O2/c1-5-21(6-2)12-13-22-15-10-8-9-11-16(15)23-17(18(24)25-7-3)14(4)20-19(22)23/h8-11H,5-7,12-13H2,1-4H3. The lowest BCUT2D eigenvalue weighted by atomic mass is 10.3. The number of hydrogen-bond acceptors (Lipinski definition) is 4. The number of nitrogens with zero attached hydrogens (tertiary/aromatic N) is 4. The van der Waals surface area contributed by atoms with E-state index in [9.17, 15) is 4.79 Å². The predicted molar refractivity (Wildman–Crippen MR) is 99.2 cm³/mol. The Morgan fingerprint density at radius 3 is 2.48 bits per heavy atom. The first-order chi connectivity index (χ1) is 12.1. The lowest BCUT2D eigenvalue weighted by Gasteiger charge is -2.18. The number of hydrogen-bond donors (Lipinski definition) is 0. The van der Waals surface area contributed by atoms with Crippen molar-refractivity contribution in [2.24, 2.45) is 0 Å². The Bertz CT molecular complexity index is 890. The molecule has 0 spiro atoms. The van der Waals surface area contributed by atoms with Gasteiger partial charge in [-0.2, -0.15) is 0 Å². The fourth-order valence-electron chi connectivity index (χ4n) is 3.35. The molecule has 0 N–H and O–H groups in total. The Morgan fingerprint density at radius 2 is 1.84 bits per heavy atom. The summed E-state index contributed by atoms with van der Waals surface area (Å²) in [6, 6.07) is 8.12. The quantitative estimate of drug-likeness (QED) is 0.619. The van der Waals surface area contributed by atoms with Crippen molar-refractivity contribution in [3.05, 3.63) is 35.7 Å². The fraction of sp³-hybridized carbons (Fsp3) is 0.474. The first kappa shape index (κ1) is 17.5. The topological polar surface area (TPSA) is 51.8 Å². The van der Waals surface area contributed by atoms with Crippen molar-refractivity contribution in [1.82, 2.24) is 18.9 Å². The highest BCUT2D eigenvalue weighted by Gasteiger charge is 2.23. The van der Waals surface area contributed by atoms with Gasteiger partial charge in [0.2, 0.25) is 5.78 Å². The highest BCUT2D eigenvalue weighted by Crippen LogP contribution is 2.24. The van der Waals surface area contributed by atoms with Gasteiger partial charge in [0.05, 0.1) is 23.3 Å². The summed E-state index contributed by atoms with van der Waals surface area (Å²) in [4.78, 5) is 19.5. The summed E-state index contributed by atoms with van der Waals surface area (Å²) in [5.74, 6) is 0.480. The number of carbonyl (C=O) groups excluding carboxylic acids is 1. The van der Waals surface area contributed by atoms with Gasteiger partial charge in [0.25, 0.3) is 0 Å². The number of aromatic nitrogens is 3. The van der Waals surface area contributed by atoms with Crippen molar-refractivity contribution in [2.75, 3.05) is 26.2 Å². The van der Waals surface area contributed by atoms with E-state index in [1.165, 1.54) is 0 Å². The summed E-state index contributed by atoms with van der Waals surface area (Å²) in [6.07, 6.45) is 0. The molecule has 0 saturated carbocycles. The highest BCUT2D eigenvalue weighted by molar-refractivity contribution is 5.93. The van der Waals surface area contributed by atoms with Gasteiger partial charge in [-0.15, -0.1) is 0 Å². The maximum absolute atomic E-state index is 12.5. The zero-order valence-corrected chi connectivity index (χ0v) is 15.5. The highest BCUT2D eigenvalue weighted by atomic mass is 16.5. The summed E-state index contributed by atoms with van der Waals surface area (Å²) >= 11 is 0. The summed E-state index contributed by atoms with van der Waals surface area (Å²) in [7, 11) is 0. The Morgan fingerprint density at radius 1 is 1.16 bits per heavy atom. The first-order valence-corrected chi connectivity index (χ1v) is 8.98. The number of aryl methyl sites for hydroxylation is 1. The predicted octanol–water partition coefficient (Wildman–Crippen LogP) is 3.12. The number of esters is 1. The molecule has 134 valence electrons. The molecule has 25 heavy (non-hydrogen) atoms. The minimum Gasteiger partial charge on any atom is -0.461 e. The number of imidazole rings is 2. The van der Waals surface area contributed by atoms with Crippen molar-refractivity contribution >= 4 is 22.8 Å². The van der Waals surface area contributed by atoms with E-state index in [4.69, 9.17) is 4.74 Å². The van der Waals surface area contributed by atoms with Gasteiger partial charge in [0.1, 0.15) is 0 Å². The number of rotatable bonds is 7. The lowest BCUT2D eigenvalue weighted by molar-refractivity contribution is 0.0518. The normalized spacial score (nSPS) is 11.7. The molecule has 0 fully saturated rings. The molecule has 6 nitrogen and oxygen atoms in total. The van der Waals surface area contributed by atoms with Gasteiger partial charge in [-0.3, -0.25) is 4.40 Å². The lowest BCUT2D eigenvalue weighted by Crippen LogP contribution is -2.27. The molecule has 6 heteroatoms. The van der Waals surface area contributed by atoms with Crippen LogP contribution in [0.5, 0.6) is 0 Å². The number of ether oxygens (including phenoxy) is 1. The van der Waals surface area contributed by atoms with Gasteiger partial charge in [0, 0.05) is 13.1 Å². The number of benzene rings is 1. The van der Waals surface area contributed by atoms with Gasteiger partial charge in [0.15, 0.2) is 5.69 Å². The second kappa shape index (κ2) is 7.27. The van der Waals surface area contributed by atoms with Gasteiger partial charge in [-0.1, -0.05) is 26.0 Å². The van der Waals surface area contributed by atoms with Crippen LogP contribution in [0.1, 0.15) is 37.0 Å². The van der Waals surface area contributed by atoms with Crippen LogP contribution in [-0.2, 0) is 11.3 Å². The van der Waals surface area contributed by atoms with Crippen LogP contribution in [-0.4, -0.2) is 51.1 Å². The van der Waals surface area contributed by atoms with Crippen molar-refractivity contribution in [3.63, 3.8) is 0 Å². The molecule has 0 unspecified atom stereocenters. The molecule has 3 aromatic rings. The molecule has 0 amide bonds. The van der Waals surface area contributed by atoms with Crippen molar-refractivity contribution in [3.8, 4) is 0 Å². The summed E-state index contributed by atoms with van der Waals surface area (Å²) in [5, 5.41) is 0. The summed E-state index contributed by atoms with van der Waals surface area (Å²) < 4.78 is 9.38. The number of para-hydroxylation sites is 2. The smallest absolute Gasteiger partial charge is 0.357 e. The molecular formula is C19H26N4O2. The second-order valence-electron chi connectivity index (χ2n) is 6.07. The van der Waals surface area contributed by atoms with Crippen molar-refractivity contribution < 1.29 is 9.53 Å². The fourth-order valence-corrected chi connectivity index (χ4v) is 3.35. The molecule has 1 aromatic carbocycles. The van der Waals surface area contributed by atoms with Crippen molar-refractivity contribution in [2.45, 2.75) is 34.2 Å². The molecule has 2 heterocycles. The largest absolute Gasteiger partial charge is 0.461 e. The molecule has 0 atom stereocenters. The minimum absolute atomic E-state index is 0.320. The van der Waals surface area contributed by atoms with Gasteiger partial charge < -0.3 is 14.2 Å². The molecular weight excluding hydrogens is 316 g/mol. The maximum Gasteiger partial charge on any atom is 0.357 e. The zero-order valence-electron chi connectivity index (χ0n) is 15.5. The summed E-state index contributed by atoms with van der Waals surface area (Å²) in [5.41, 5.74) is 3.30. The third kappa shape index (κ3) is 3.02. The first-order valence-electron chi connectivity index (χ1n) is 8.98. The summed E-state index contributed by atoms with van der Waals surface area (Å²) in [6.45, 7) is 12.2. The van der Waals surface area contributed by atoms with Gasteiger partial charge in [-0.25, -0.2) is 9.78 Å². The minimum atomic E-state index is -0.320. The number of fused-ring (bicyclic) bond motifs is 3. The van der Waals surface area contributed by atoms with E-state index in [0.717, 1.165) is 43.0 Å². The molecule has 0 bridgehead atoms. The van der Waals surface area contributed by atoms with E-state index in [1.54, 1.807) is 0 Å². The van der Waals surface area contributed by atoms with E-state index in [0.29, 0.717) is 18.0 Å². The van der Waals surface area contributed by atoms with Gasteiger partial charge >= 0.3 is 5.97 Å². The SMILES string of the molecule is CCOC(=O)c1c(C)nc2n(CCN(CC)CC)c3ccccc3n12. The Labute approximate surface area is 148 Å². The Balaban J connectivity index is 2.16. The molecule has 0 saturated heterocycles. The Kier molecular flexibility index (Phi) is 5.08. The molecule has 0 aliphatic rings. The van der Waals surface area contributed by atoms with Crippen LogP contribution in [0.3, 0.4) is 0 Å². The van der Waals surface area contributed by atoms with Crippen LogP contribution in [0, 0.1) is 6.92 Å². The van der Waals surface area contributed by atoms with Crippen LogP contribution >= 0.6 is 0 Å². The van der Waals surface area contributed by atoms with E-state index in [1.807, 2.05) is 36.4 Å². The van der Waals surface area contributed by atoms with E-state index >= 15 is 0 Å². The molecule has 3 rings (SSSR count). The maximum atomic E-state index is 12.5. The van der Waals surface area contributed by atoms with E-state index in [2.05, 4.69) is 34.4 Å². The third-order valence-corrected chi connectivity index (χ3v) is 4.69.